The summed E-state index contributed by atoms with van der Waals surface area (Å²) in [5, 5.41) is 15.0. The smallest absolute Gasteiger partial charge is 0.218 e. The number of benzene rings is 2. The summed E-state index contributed by atoms with van der Waals surface area (Å²) >= 11 is 6.50. The Morgan fingerprint density at radius 1 is 1.11 bits per heavy atom. The molecule has 0 radical (unpaired) electrons. The Balaban J connectivity index is 1.70. The van der Waals surface area contributed by atoms with Crippen LogP contribution in [0, 0.1) is 5.82 Å². The molecule has 1 aliphatic heterocycles. The molecule has 0 saturated carbocycles. The summed E-state index contributed by atoms with van der Waals surface area (Å²) in [6.07, 6.45) is 7.35. The fourth-order valence-electron chi connectivity index (χ4n) is 4.41. The Labute approximate surface area is 221 Å². The molecule has 0 spiro atoms. The second-order valence-corrected chi connectivity index (χ2v) is 10.4. The predicted molar refractivity (Wildman–Crippen MR) is 147 cm³/mol. The average molecular weight is 524 g/mol. The highest BCUT2D eigenvalue weighted by molar-refractivity contribution is 6.34. The molecule has 0 unspecified atom stereocenters. The summed E-state index contributed by atoms with van der Waals surface area (Å²) in [6.45, 7) is 6.75. The Hall–Kier alpha value is -3.62. The molecule has 194 valence electrons. The van der Waals surface area contributed by atoms with Gasteiger partial charge in [0, 0.05) is 74.6 Å². The van der Waals surface area contributed by atoms with E-state index in [2.05, 4.69) is 29.0 Å². The van der Waals surface area contributed by atoms with Gasteiger partial charge in [0.15, 0.2) is 0 Å². The van der Waals surface area contributed by atoms with Crippen LogP contribution in [0.3, 0.4) is 0 Å². The number of hydrogen-bond acceptors (Lipinski definition) is 6. The molecule has 1 aliphatic rings. The lowest BCUT2D eigenvalue weighted by molar-refractivity contribution is -0.106. The number of carbonyl (C=O) groups excluding carboxylic acids is 1. The molecule has 37 heavy (non-hydrogen) atoms. The number of aromatic nitrogens is 1. The number of carbonyl (C=O) groups is 1. The lowest BCUT2D eigenvalue weighted by Gasteiger charge is -2.40. The van der Waals surface area contributed by atoms with E-state index in [-0.39, 0.29) is 16.3 Å². The van der Waals surface area contributed by atoms with E-state index in [0.29, 0.717) is 34.4 Å². The number of nitrogens with zero attached hydrogens (tertiary/aromatic N) is 4. The molecule has 0 aliphatic carbocycles. The zero-order valence-electron chi connectivity index (χ0n) is 21.4. The van der Waals surface area contributed by atoms with Crippen LogP contribution >= 0.6 is 11.6 Å². The predicted octanol–water partition coefficient (Wildman–Crippen LogP) is 5.10. The first-order valence-electron chi connectivity index (χ1n) is 11.9. The van der Waals surface area contributed by atoms with Crippen LogP contribution in [0.4, 0.5) is 15.8 Å². The lowest BCUT2D eigenvalue weighted by atomic mass is 9.97. The molecular formula is C28H31ClFN5O2. The van der Waals surface area contributed by atoms with Gasteiger partial charge in [-0.3, -0.25) is 14.7 Å². The van der Waals surface area contributed by atoms with Gasteiger partial charge in [-0.25, -0.2) is 4.39 Å². The zero-order valence-corrected chi connectivity index (χ0v) is 22.1. The number of pyridine rings is 1. The number of amides is 1. The summed E-state index contributed by atoms with van der Waals surface area (Å²) in [4.78, 5) is 21.3. The fourth-order valence-corrected chi connectivity index (χ4v) is 4.69. The van der Waals surface area contributed by atoms with Crippen molar-refractivity contribution < 1.29 is 14.3 Å². The minimum Gasteiger partial charge on any atom is -0.507 e. The number of phenolic OH excluding ortho intramolecular Hbond substituents is 1. The minimum atomic E-state index is -0.500. The molecule has 0 atom stereocenters. The van der Waals surface area contributed by atoms with Gasteiger partial charge >= 0.3 is 0 Å². The molecular weight excluding hydrogens is 493 g/mol. The van der Waals surface area contributed by atoms with E-state index in [0.717, 1.165) is 25.3 Å². The zero-order chi connectivity index (χ0) is 26.7. The number of rotatable bonds is 7. The van der Waals surface area contributed by atoms with E-state index in [4.69, 9.17) is 11.6 Å². The molecule has 3 aromatic rings. The summed E-state index contributed by atoms with van der Waals surface area (Å²) in [6, 6.07) is 9.44. The summed E-state index contributed by atoms with van der Waals surface area (Å²) in [5.74, 6) is -0.579. The maximum absolute atomic E-state index is 14.8. The van der Waals surface area contributed by atoms with Crippen molar-refractivity contribution in [3.63, 3.8) is 0 Å². The van der Waals surface area contributed by atoms with Crippen LogP contribution in [-0.2, 0) is 4.79 Å². The lowest BCUT2D eigenvalue weighted by Crippen LogP contribution is -2.57. The highest BCUT2D eigenvalue weighted by atomic mass is 35.5. The molecule has 2 heterocycles. The summed E-state index contributed by atoms with van der Waals surface area (Å²) < 4.78 is 14.8. The number of halogens is 2. The van der Waals surface area contributed by atoms with Crippen LogP contribution in [0.1, 0.15) is 13.8 Å². The van der Waals surface area contributed by atoms with Gasteiger partial charge in [0.25, 0.3) is 0 Å². The number of hydrogen-bond donors (Lipinski definition) is 2. The van der Waals surface area contributed by atoms with E-state index in [1.165, 1.54) is 17.0 Å². The van der Waals surface area contributed by atoms with Gasteiger partial charge in [0.05, 0.1) is 22.6 Å². The molecule has 1 saturated heterocycles. The number of aromatic hydroxyl groups is 1. The van der Waals surface area contributed by atoms with Crippen LogP contribution in [0.25, 0.3) is 22.3 Å². The minimum absolute atomic E-state index is 0.0461. The molecule has 1 aromatic heterocycles. The van der Waals surface area contributed by atoms with E-state index in [9.17, 15) is 14.3 Å². The van der Waals surface area contributed by atoms with Gasteiger partial charge in [-0.1, -0.05) is 17.7 Å². The second-order valence-electron chi connectivity index (χ2n) is 9.95. The third-order valence-corrected chi connectivity index (χ3v) is 6.52. The van der Waals surface area contributed by atoms with E-state index < -0.39 is 5.82 Å². The van der Waals surface area contributed by atoms with Gasteiger partial charge in [-0.05, 0) is 49.7 Å². The second kappa shape index (κ2) is 10.8. The van der Waals surface area contributed by atoms with Gasteiger partial charge in [-0.2, -0.15) is 0 Å². The number of anilines is 2. The SMILES string of the molecule is CN(C)/C=C\N(C=O)c1ccc(-c2cc(F)cc(-c3cncc(N4CCNC(C)(C)C4)c3)c2O)cc1Cl. The third-order valence-electron chi connectivity index (χ3n) is 6.22. The standard InChI is InChI=1S/C28H31ClFN5O2/c1-28(2)17-34(8-7-32-28)22-11-20(15-31-16-22)24-14-21(30)13-23(27(24)37)19-5-6-26(25(29)12-19)35(18-36)10-9-33(3)4/h5-6,9-16,18,32,37H,7-8,17H2,1-4H3/b10-9-. The number of piperazine rings is 1. The van der Waals surface area contributed by atoms with Crippen molar-refractivity contribution >= 4 is 29.4 Å². The highest BCUT2D eigenvalue weighted by Crippen LogP contribution is 2.41. The third kappa shape index (κ3) is 6.03. The van der Waals surface area contributed by atoms with Crippen molar-refractivity contribution in [3.8, 4) is 28.0 Å². The molecule has 1 fully saturated rings. The highest BCUT2D eigenvalue weighted by Gasteiger charge is 2.26. The van der Waals surface area contributed by atoms with Crippen molar-refractivity contribution in [2.45, 2.75) is 19.4 Å². The van der Waals surface area contributed by atoms with E-state index in [1.54, 1.807) is 47.9 Å². The van der Waals surface area contributed by atoms with Gasteiger partial charge < -0.3 is 20.2 Å². The van der Waals surface area contributed by atoms with Gasteiger partial charge in [0.1, 0.15) is 11.6 Å². The summed E-state index contributed by atoms with van der Waals surface area (Å²) in [7, 11) is 3.68. The van der Waals surface area contributed by atoms with Gasteiger partial charge in [0.2, 0.25) is 6.41 Å². The van der Waals surface area contributed by atoms with Crippen molar-refractivity contribution in [3.05, 3.63) is 72.0 Å². The maximum atomic E-state index is 14.8. The normalized spacial score (nSPS) is 15.1. The molecule has 2 N–H and O–H groups in total. The maximum Gasteiger partial charge on any atom is 0.218 e. The Morgan fingerprint density at radius 3 is 2.49 bits per heavy atom. The van der Waals surface area contributed by atoms with Gasteiger partial charge in [-0.15, -0.1) is 0 Å². The van der Waals surface area contributed by atoms with Crippen LogP contribution in [-0.4, -0.2) is 60.7 Å². The van der Waals surface area contributed by atoms with Crippen molar-refractivity contribution in [1.82, 2.24) is 15.2 Å². The van der Waals surface area contributed by atoms with E-state index >= 15 is 0 Å². The average Bonchev–Trinajstić information content (AvgIpc) is 2.85. The quantitative estimate of drug-likeness (QED) is 0.420. The van der Waals surface area contributed by atoms with Crippen LogP contribution in [0.2, 0.25) is 5.02 Å². The van der Waals surface area contributed by atoms with Crippen molar-refractivity contribution in [2.24, 2.45) is 0 Å². The fraction of sp³-hybridized carbons (Fsp3) is 0.286. The molecule has 7 nitrogen and oxygen atoms in total. The number of phenols is 1. The Kier molecular flexibility index (Phi) is 7.71. The first kappa shape index (κ1) is 26.4. The molecule has 9 heteroatoms. The van der Waals surface area contributed by atoms with Crippen molar-refractivity contribution in [1.29, 1.82) is 0 Å². The first-order valence-corrected chi connectivity index (χ1v) is 12.3. The molecule has 0 bridgehead atoms. The Morgan fingerprint density at radius 2 is 1.84 bits per heavy atom. The van der Waals surface area contributed by atoms with Crippen LogP contribution in [0.5, 0.6) is 5.75 Å². The molecule has 4 rings (SSSR count). The van der Waals surface area contributed by atoms with Crippen molar-refractivity contribution in [2.75, 3.05) is 43.5 Å². The monoisotopic (exact) mass is 523 g/mol. The Bertz CT molecular complexity index is 1330. The largest absolute Gasteiger partial charge is 0.507 e. The first-order chi connectivity index (χ1) is 17.6. The van der Waals surface area contributed by atoms with Crippen LogP contribution in [0.15, 0.2) is 61.2 Å². The van der Waals surface area contributed by atoms with Crippen LogP contribution < -0.4 is 15.1 Å². The van der Waals surface area contributed by atoms with E-state index in [1.807, 2.05) is 20.2 Å². The molecule has 2 aromatic carbocycles. The topological polar surface area (TPSA) is 71.9 Å². The summed E-state index contributed by atoms with van der Waals surface area (Å²) in [5.41, 5.74) is 3.07. The molecule has 1 amide bonds. The number of nitrogens with one attached hydrogen (secondary N) is 1.